The summed E-state index contributed by atoms with van der Waals surface area (Å²) in [5.41, 5.74) is 2.24. The van der Waals surface area contributed by atoms with E-state index in [4.69, 9.17) is 5.11 Å². The monoisotopic (exact) mass is 512 g/mol. The number of anilines is 1. The summed E-state index contributed by atoms with van der Waals surface area (Å²) < 4.78 is 26.9. The maximum atomic E-state index is 12.4. The Kier molecular flexibility index (Phi) is 7.86. The van der Waals surface area contributed by atoms with Gasteiger partial charge in [-0.1, -0.05) is 18.2 Å². The van der Waals surface area contributed by atoms with E-state index >= 15 is 0 Å². The van der Waals surface area contributed by atoms with Crippen LogP contribution in [0.15, 0.2) is 53.4 Å². The third-order valence-corrected chi connectivity index (χ3v) is 8.41. The first-order valence-corrected chi connectivity index (χ1v) is 13.6. The molecule has 0 amide bonds. The van der Waals surface area contributed by atoms with Gasteiger partial charge in [0, 0.05) is 48.2 Å². The van der Waals surface area contributed by atoms with E-state index in [1.165, 1.54) is 23.1 Å². The topological polar surface area (TPSA) is 117 Å². The van der Waals surface area contributed by atoms with Gasteiger partial charge in [-0.2, -0.15) is 5.26 Å². The van der Waals surface area contributed by atoms with Gasteiger partial charge in [-0.05, 0) is 59.8 Å². The van der Waals surface area contributed by atoms with Gasteiger partial charge in [0.25, 0.3) is 10.0 Å². The lowest BCUT2D eigenvalue weighted by atomic mass is 10.0. The number of fused-ring (bicyclic) bond motifs is 1. The van der Waals surface area contributed by atoms with Gasteiger partial charge in [0.2, 0.25) is 0 Å². The van der Waals surface area contributed by atoms with Gasteiger partial charge in [0.1, 0.15) is 6.07 Å². The van der Waals surface area contributed by atoms with Crippen LogP contribution in [0.4, 0.5) is 5.69 Å². The normalized spacial score (nSPS) is 16.4. The SMILES string of the molecule is CN1CCN(c2ccc3cc(-c4ccc(/C=C(\C#N)S(=O)(=O)NCC(O)CO)s4)ccc3c2)CC1. The summed E-state index contributed by atoms with van der Waals surface area (Å²) in [6.45, 7) is 3.20. The molecule has 1 aromatic heterocycles. The molecule has 0 radical (unpaired) electrons. The molecule has 0 bridgehead atoms. The van der Waals surface area contributed by atoms with Crippen LogP contribution in [-0.4, -0.2) is 76.0 Å². The second-order valence-electron chi connectivity index (χ2n) is 8.55. The van der Waals surface area contributed by atoms with Crippen LogP contribution >= 0.6 is 11.3 Å². The summed E-state index contributed by atoms with van der Waals surface area (Å²) in [5.74, 6) is 0. The number of sulfonamides is 1. The highest BCUT2D eigenvalue weighted by Gasteiger charge is 2.19. The molecule has 184 valence electrons. The third kappa shape index (κ3) is 6.08. The predicted octanol–water partition coefficient (Wildman–Crippen LogP) is 2.46. The van der Waals surface area contributed by atoms with Crippen LogP contribution in [0.1, 0.15) is 4.88 Å². The van der Waals surface area contributed by atoms with E-state index in [1.807, 2.05) is 6.07 Å². The minimum Gasteiger partial charge on any atom is -0.394 e. The number of hydrogen-bond acceptors (Lipinski definition) is 8. The Bertz CT molecular complexity index is 1370. The number of aliphatic hydroxyl groups excluding tert-OH is 2. The average Bonchev–Trinajstić information content (AvgIpc) is 3.34. The van der Waals surface area contributed by atoms with Gasteiger partial charge >= 0.3 is 0 Å². The van der Waals surface area contributed by atoms with Gasteiger partial charge in [0.05, 0.1) is 12.7 Å². The standard InChI is InChI=1S/C25H28N4O4S2/c1-28-8-10-29(11-9-28)21-5-4-18-12-20(3-2-19(18)13-21)25-7-6-23(34-25)14-24(15-26)35(32,33)27-16-22(31)17-30/h2-7,12-14,22,27,30-31H,8-11,16-17H2,1H3/b24-14+. The molecule has 1 atom stereocenters. The molecule has 3 aromatic rings. The molecule has 4 rings (SSSR count). The van der Waals surface area contributed by atoms with Crippen LogP contribution in [0.5, 0.6) is 0 Å². The van der Waals surface area contributed by atoms with Crippen LogP contribution in [-0.2, 0) is 10.0 Å². The summed E-state index contributed by atoms with van der Waals surface area (Å²) in [6, 6.07) is 18.2. The predicted molar refractivity (Wildman–Crippen MR) is 141 cm³/mol. The quantitative estimate of drug-likeness (QED) is 0.397. The maximum Gasteiger partial charge on any atom is 0.250 e. The van der Waals surface area contributed by atoms with Crippen molar-refractivity contribution in [2.75, 3.05) is 51.3 Å². The van der Waals surface area contributed by atoms with Crippen LogP contribution in [0.25, 0.3) is 27.3 Å². The third-order valence-electron chi connectivity index (χ3n) is 6.00. The minimum atomic E-state index is -4.10. The highest BCUT2D eigenvalue weighted by atomic mass is 32.2. The van der Waals surface area contributed by atoms with Crippen molar-refractivity contribution < 1.29 is 18.6 Å². The Morgan fingerprint density at radius 2 is 1.86 bits per heavy atom. The van der Waals surface area contributed by atoms with Crippen LogP contribution in [0, 0.1) is 11.3 Å². The zero-order valence-electron chi connectivity index (χ0n) is 19.4. The number of rotatable bonds is 8. The number of nitrogens with one attached hydrogen (secondary N) is 1. The van der Waals surface area contributed by atoms with Crippen LogP contribution < -0.4 is 9.62 Å². The second kappa shape index (κ2) is 10.9. The van der Waals surface area contributed by atoms with Crippen LogP contribution in [0.2, 0.25) is 0 Å². The summed E-state index contributed by atoms with van der Waals surface area (Å²) in [7, 11) is -1.95. The van der Waals surface area contributed by atoms with Crippen molar-refractivity contribution in [3.05, 3.63) is 58.3 Å². The number of thiophene rings is 1. The van der Waals surface area contributed by atoms with Crippen molar-refractivity contribution in [1.82, 2.24) is 9.62 Å². The number of allylic oxidation sites excluding steroid dienone is 1. The molecule has 1 aliphatic heterocycles. The summed E-state index contributed by atoms with van der Waals surface area (Å²) in [6.07, 6.45) is 0.0779. The molecule has 2 aromatic carbocycles. The molecule has 1 saturated heterocycles. The molecular formula is C25H28N4O4S2. The number of aliphatic hydroxyl groups is 2. The van der Waals surface area contributed by atoms with Crippen LogP contribution in [0.3, 0.4) is 0 Å². The van der Waals surface area contributed by atoms with E-state index in [0.717, 1.165) is 47.4 Å². The van der Waals surface area contributed by atoms with E-state index in [9.17, 15) is 18.8 Å². The van der Waals surface area contributed by atoms with Crippen molar-refractivity contribution >= 4 is 43.9 Å². The highest BCUT2D eigenvalue weighted by molar-refractivity contribution is 7.93. The Hall–Kier alpha value is -2.78. The van der Waals surface area contributed by atoms with E-state index in [2.05, 4.69) is 58.0 Å². The van der Waals surface area contributed by atoms with E-state index < -0.39 is 27.6 Å². The number of piperazine rings is 1. The fourth-order valence-corrected chi connectivity index (χ4v) is 5.87. The van der Waals surface area contributed by atoms with Crippen molar-refractivity contribution in [2.24, 2.45) is 0 Å². The maximum absolute atomic E-state index is 12.4. The first-order chi connectivity index (χ1) is 16.8. The molecule has 0 spiro atoms. The zero-order valence-corrected chi connectivity index (χ0v) is 21.0. The number of benzene rings is 2. The fraction of sp³-hybridized carbons (Fsp3) is 0.320. The second-order valence-corrected chi connectivity index (χ2v) is 11.4. The van der Waals surface area contributed by atoms with Gasteiger partial charge in [0.15, 0.2) is 4.91 Å². The Balaban J connectivity index is 1.53. The van der Waals surface area contributed by atoms with Crippen molar-refractivity contribution in [3.63, 3.8) is 0 Å². The molecular weight excluding hydrogens is 484 g/mol. The first-order valence-electron chi connectivity index (χ1n) is 11.3. The molecule has 3 N–H and O–H groups in total. The van der Waals surface area contributed by atoms with E-state index in [0.29, 0.717) is 4.88 Å². The Morgan fingerprint density at radius 3 is 2.57 bits per heavy atom. The smallest absolute Gasteiger partial charge is 0.250 e. The van der Waals surface area contributed by atoms with Gasteiger partial charge in [-0.3, -0.25) is 0 Å². The van der Waals surface area contributed by atoms with Crippen molar-refractivity contribution in [2.45, 2.75) is 6.10 Å². The fourth-order valence-electron chi connectivity index (χ4n) is 3.88. The highest BCUT2D eigenvalue weighted by Crippen LogP contribution is 2.33. The van der Waals surface area contributed by atoms with Gasteiger partial charge in [-0.25, -0.2) is 13.1 Å². The molecule has 8 nitrogen and oxygen atoms in total. The summed E-state index contributed by atoms with van der Waals surface area (Å²) in [4.78, 5) is 5.87. The molecule has 1 fully saturated rings. The molecule has 1 aliphatic rings. The Labute approximate surface area is 209 Å². The summed E-state index contributed by atoms with van der Waals surface area (Å²) in [5, 5.41) is 29.9. The van der Waals surface area contributed by atoms with Crippen molar-refractivity contribution in [1.29, 1.82) is 5.26 Å². The lowest BCUT2D eigenvalue weighted by molar-refractivity contribution is 0.0989. The first kappa shape index (κ1) is 25.3. The molecule has 0 aliphatic carbocycles. The minimum absolute atomic E-state index is 0.374. The number of hydrogen-bond donors (Lipinski definition) is 3. The van der Waals surface area contributed by atoms with E-state index in [-0.39, 0.29) is 6.54 Å². The van der Waals surface area contributed by atoms with E-state index in [1.54, 1.807) is 12.1 Å². The largest absolute Gasteiger partial charge is 0.394 e. The van der Waals surface area contributed by atoms with Gasteiger partial charge in [-0.15, -0.1) is 11.3 Å². The molecule has 0 saturated carbocycles. The molecule has 35 heavy (non-hydrogen) atoms. The molecule has 2 heterocycles. The molecule has 10 heteroatoms. The number of likely N-dealkylation sites (N-methyl/N-ethyl adjacent to an activating group) is 1. The number of nitriles is 1. The Morgan fingerprint density at radius 1 is 1.14 bits per heavy atom. The lowest BCUT2D eigenvalue weighted by Gasteiger charge is -2.34. The summed E-state index contributed by atoms with van der Waals surface area (Å²) >= 11 is 1.39. The number of nitrogens with zero attached hydrogens (tertiary/aromatic N) is 3. The van der Waals surface area contributed by atoms with Crippen molar-refractivity contribution in [3.8, 4) is 16.5 Å². The zero-order chi connectivity index (χ0) is 25.0. The lowest BCUT2D eigenvalue weighted by Crippen LogP contribution is -2.44. The molecule has 1 unspecified atom stereocenters. The average molecular weight is 513 g/mol. The van der Waals surface area contributed by atoms with Gasteiger partial charge < -0.3 is 20.0 Å².